The molecule has 0 bridgehead atoms. The van der Waals surface area contributed by atoms with Crippen molar-refractivity contribution in [2.24, 2.45) is 0 Å². The van der Waals surface area contributed by atoms with E-state index in [2.05, 4.69) is 5.10 Å². The normalized spacial score (nSPS) is 27.1. The minimum atomic E-state index is -2.90. The van der Waals surface area contributed by atoms with Gasteiger partial charge in [-0.3, -0.25) is 0 Å². The van der Waals surface area contributed by atoms with Crippen LogP contribution < -0.4 is 5.73 Å². The lowest BCUT2D eigenvalue weighted by atomic mass is 10.0. The van der Waals surface area contributed by atoms with Crippen molar-refractivity contribution in [3.8, 4) is 0 Å². The van der Waals surface area contributed by atoms with Crippen LogP contribution in [0, 0.1) is 6.92 Å². The van der Waals surface area contributed by atoms with Crippen molar-refractivity contribution < 1.29 is 8.42 Å². The van der Waals surface area contributed by atoms with E-state index in [9.17, 15) is 8.42 Å². The number of nitrogen functional groups attached to an aromatic ring is 1. The summed E-state index contributed by atoms with van der Waals surface area (Å²) in [7, 11) is -2.90. The second-order valence-electron chi connectivity index (χ2n) is 5.88. The highest BCUT2D eigenvalue weighted by molar-refractivity contribution is 7.91. The first-order chi connectivity index (χ1) is 8.98. The Balaban J connectivity index is 1.92. The molecule has 1 aliphatic carbocycles. The summed E-state index contributed by atoms with van der Waals surface area (Å²) in [4.78, 5) is 0. The number of nitrogens with zero attached hydrogens (tertiary/aromatic N) is 2. The van der Waals surface area contributed by atoms with E-state index in [0.29, 0.717) is 18.2 Å². The summed E-state index contributed by atoms with van der Waals surface area (Å²) in [5.74, 6) is 1.61. The fourth-order valence-corrected chi connectivity index (χ4v) is 5.07. The second-order valence-corrected chi connectivity index (χ2v) is 8.11. The lowest BCUT2D eigenvalue weighted by molar-refractivity contribution is 0.495. The van der Waals surface area contributed by atoms with Crippen LogP contribution in [0.5, 0.6) is 0 Å². The third-order valence-electron chi connectivity index (χ3n) is 4.53. The van der Waals surface area contributed by atoms with Crippen LogP contribution in [0.2, 0.25) is 0 Å². The van der Waals surface area contributed by atoms with E-state index in [1.807, 2.05) is 6.92 Å². The van der Waals surface area contributed by atoms with Crippen molar-refractivity contribution in [1.29, 1.82) is 0 Å². The van der Waals surface area contributed by atoms with Gasteiger partial charge in [0.15, 0.2) is 9.84 Å². The van der Waals surface area contributed by atoms with Crippen LogP contribution in [-0.4, -0.2) is 29.7 Å². The maximum atomic E-state index is 11.6. The summed E-state index contributed by atoms with van der Waals surface area (Å²) in [5.41, 5.74) is 8.29. The minimum absolute atomic E-state index is 0.0705. The number of sulfone groups is 1. The van der Waals surface area contributed by atoms with Gasteiger partial charge < -0.3 is 5.73 Å². The quantitative estimate of drug-likeness (QED) is 0.897. The summed E-state index contributed by atoms with van der Waals surface area (Å²) in [6.45, 7) is 2.01. The van der Waals surface area contributed by atoms with Gasteiger partial charge in [-0.05, 0) is 26.2 Å². The van der Waals surface area contributed by atoms with Crippen LogP contribution in [0.25, 0.3) is 0 Å². The van der Waals surface area contributed by atoms with Gasteiger partial charge in [0.1, 0.15) is 5.82 Å². The van der Waals surface area contributed by atoms with Crippen molar-refractivity contribution in [1.82, 2.24) is 9.78 Å². The standard InChI is InChI=1S/C13H21N3O2S/c1-9-12(10-4-2-3-5-10)15-16(13(9)14)11-6-7-19(17,18)8-11/h10-11H,2-8,14H2,1H3. The van der Waals surface area contributed by atoms with Crippen molar-refractivity contribution in [2.45, 2.75) is 51.0 Å². The van der Waals surface area contributed by atoms with Gasteiger partial charge in [0.25, 0.3) is 0 Å². The summed E-state index contributed by atoms with van der Waals surface area (Å²) >= 11 is 0. The summed E-state index contributed by atoms with van der Waals surface area (Å²) in [6.07, 6.45) is 5.52. The van der Waals surface area contributed by atoms with Crippen molar-refractivity contribution >= 4 is 15.7 Å². The number of hydrogen-bond donors (Lipinski definition) is 1. The number of aromatic nitrogens is 2. The average Bonchev–Trinajstić information content (AvgIpc) is 3.03. The first kappa shape index (κ1) is 13.0. The number of anilines is 1. The Morgan fingerprint density at radius 2 is 1.95 bits per heavy atom. The van der Waals surface area contributed by atoms with Gasteiger partial charge in [-0.1, -0.05) is 12.8 Å². The number of rotatable bonds is 2. The van der Waals surface area contributed by atoms with Crippen molar-refractivity contribution in [3.63, 3.8) is 0 Å². The highest BCUT2D eigenvalue weighted by Gasteiger charge is 2.33. The maximum absolute atomic E-state index is 11.6. The molecular formula is C13H21N3O2S. The number of nitrogens with two attached hydrogens (primary N) is 1. The first-order valence-electron chi connectivity index (χ1n) is 7.03. The summed E-state index contributed by atoms with van der Waals surface area (Å²) in [6, 6.07) is -0.0705. The third kappa shape index (κ3) is 2.26. The summed E-state index contributed by atoms with van der Waals surface area (Å²) < 4.78 is 25.0. The monoisotopic (exact) mass is 283 g/mol. The molecule has 106 valence electrons. The van der Waals surface area contributed by atoms with Crippen LogP contribution in [0.3, 0.4) is 0 Å². The predicted octanol–water partition coefficient (Wildman–Crippen LogP) is 1.79. The van der Waals surface area contributed by atoms with Crippen molar-refractivity contribution in [2.75, 3.05) is 17.2 Å². The zero-order valence-electron chi connectivity index (χ0n) is 11.3. The van der Waals surface area contributed by atoms with Crippen LogP contribution >= 0.6 is 0 Å². The second kappa shape index (κ2) is 4.51. The summed E-state index contributed by atoms with van der Waals surface area (Å²) in [5, 5.41) is 4.67. The Kier molecular flexibility index (Phi) is 3.08. The molecule has 1 aromatic rings. The molecule has 1 aliphatic heterocycles. The maximum Gasteiger partial charge on any atom is 0.152 e. The van der Waals surface area contributed by atoms with Crippen molar-refractivity contribution in [3.05, 3.63) is 11.3 Å². The van der Waals surface area contributed by atoms with Gasteiger partial charge in [0.05, 0.1) is 23.2 Å². The van der Waals surface area contributed by atoms with Gasteiger partial charge >= 0.3 is 0 Å². The lowest BCUT2D eigenvalue weighted by Crippen LogP contribution is -2.15. The van der Waals surface area contributed by atoms with E-state index in [1.165, 1.54) is 25.7 Å². The molecule has 19 heavy (non-hydrogen) atoms. The molecule has 2 heterocycles. The Morgan fingerprint density at radius 1 is 1.26 bits per heavy atom. The van der Waals surface area contributed by atoms with Gasteiger partial charge in [-0.2, -0.15) is 5.10 Å². The predicted molar refractivity (Wildman–Crippen MR) is 74.9 cm³/mol. The largest absolute Gasteiger partial charge is 0.384 e. The molecule has 1 unspecified atom stereocenters. The van der Waals surface area contributed by atoms with E-state index >= 15 is 0 Å². The molecule has 0 spiro atoms. The van der Waals surface area contributed by atoms with Crippen LogP contribution in [0.1, 0.15) is 55.3 Å². The van der Waals surface area contributed by atoms with E-state index in [4.69, 9.17) is 5.73 Å². The van der Waals surface area contributed by atoms with Gasteiger partial charge in [0.2, 0.25) is 0 Å². The van der Waals surface area contributed by atoms with E-state index in [0.717, 1.165) is 11.3 Å². The molecule has 0 amide bonds. The molecule has 5 nitrogen and oxygen atoms in total. The Bertz CT molecular complexity index is 585. The van der Waals surface area contributed by atoms with E-state index in [-0.39, 0.29) is 17.5 Å². The molecule has 6 heteroatoms. The van der Waals surface area contributed by atoms with E-state index in [1.54, 1.807) is 4.68 Å². The van der Waals surface area contributed by atoms with Crippen LogP contribution in [-0.2, 0) is 9.84 Å². The van der Waals surface area contributed by atoms with Crippen LogP contribution in [0.4, 0.5) is 5.82 Å². The molecular weight excluding hydrogens is 262 g/mol. The lowest BCUT2D eigenvalue weighted by Gasteiger charge is -2.10. The molecule has 1 atom stereocenters. The smallest absolute Gasteiger partial charge is 0.152 e. The van der Waals surface area contributed by atoms with Gasteiger partial charge in [0, 0.05) is 11.5 Å². The first-order valence-corrected chi connectivity index (χ1v) is 8.85. The topological polar surface area (TPSA) is 78.0 Å². The molecule has 2 aliphatic rings. The molecule has 1 saturated carbocycles. The molecule has 1 aromatic heterocycles. The number of hydrogen-bond acceptors (Lipinski definition) is 4. The Morgan fingerprint density at radius 3 is 2.53 bits per heavy atom. The van der Waals surface area contributed by atoms with Gasteiger partial charge in [-0.25, -0.2) is 13.1 Å². The molecule has 3 rings (SSSR count). The third-order valence-corrected chi connectivity index (χ3v) is 6.28. The SMILES string of the molecule is Cc1c(C2CCCC2)nn(C2CCS(=O)(=O)C2)c1N. The zero-order chi connectivity index (χ0) is 13.6. The highest BCUT2D eigenvalue weighted by atomic mass is 32.2. The molecule has 2 fully saturated rings. The molecule has 0 radical (unpaired) electrons. The zero-order valence-corrected chi connectivity index (χ0v) is 12.1. The fourth-order valence-electron chi connectivity index (χ4n) is 3.38. The highest BCUT2D eigenvalue weighted by Crippen LogP contribution is 2.38. The Labute approximate surface area is 114 Å². The Hall–Kier alpha value is -1.04. The molecule has 2 N–H and O–H groups in total. The van der Waals surface area contributed by atoms with Crippen LogP contribution in [0.15, 0.2) is 0 Å². The molecule has 1 saturated heterocycles. The van der Waals surface area contributed by atoms with Gasteiger partial charge in [-0.15, -0.1) is 0 Å². The average molecular weight is 283 g/mol. The fraction of sp³-hybridized carbons (Fsp3) is 0.769. The molecule has 0 aromatic carbocycles. The minimum Gasteiger partial charge on any atom is -0.384 e. The van der Waals surface area contributed by atoms with E-state index < -0.39 is 9.84 Å².